The van der Waals surface area contributed by atoms with Gasteiger partial charge in [-0.1, -0.05) is 194 Å². The lowest BCUT2D eigenvalue weighted by molar-refractivity contribution is 0.768. The van der Waals surface area contributed by atoms with Gasteiger partial charge in [0.05, 0.1) is 16.6 Å². The quantitative estimate of drug-likeness (QED) is 0.149. The second-order valence-corrected chi connectivity index (χ2v) is 18.0. The Kier molecular flexibility index (Phi) is 8.65. The van der Waals surface area contributed by atoms with Crippen molar-refractivity contribution in [2.75, 3.05) is 4.90 Å². The van der Waals surface area contributed by atoms with Crippen LogP contribution in [0.2, 0.25) is 0 Å². The molecule has 12 aromatic rings. The van der Waals surface area contributed by atoms with Crippen LogP contribution in [0.1, 0.15) is 22.3 Å². The number of hydrogen-bond acceptors (Lipinski definition) is 3. The van der Waals surface area contributed by atoms with Gasteiger partial charge in [0.25, 0.3) is 0 Å². The molecule has 0 unspecified atom stereocenters. The molecule has 0 fully saturated rings. The Morgan fingerprint density at radius 2 is 0.908 bits per heavy atom. The number of anilines is 3. The highest BCUT2D eigenvalue weighted by Crippen LogP contribution is 2.57. The van der Waals surface area contributed by atoms with Gasteiger partial charge in [-0.2, -0.15) is 0 Å². The molecule has 0 bridgehead atoms. The molecule has 0 aliphatic heterocycles. The molecule has 0 spiro atoms. The lowest BCUT2D eigenvalue weighted by atomic mass is 9.67. The minimum atomic E-state index is -0.514. The summed E-state index contributed by atoms with van der Waals surface area (Å²) in [5, 5.41) is 6.23. The van der Waals surface area contributed by atoms with Gasteiger partial charge in [0.1, 0.15) is 0 Å². The molecular weight excluding hydrogens is 805 g/mol. The Morgan fingerprint density at radius 1 is 0.369 bits per heavy atom. The van der Waals surface area contributed by atoms with Gasteiger partial charge in [0.15, 0.2) is 0 Å². The van der Waals surface area contributed by atoms with E-state index in [9.17, 15) is 0 Å². The lowest BCUT2D eigenvalue weighted by Crippen LogP contribution is -2.28. The molecule has 0 atom stereocenters. The van der Waals surface area contributed by atoms with Crippen LogP contribution < -0.4 is 4.90 Å². The summed E-state index contributed by atoms with van der Waals surface area (Å²) in [7, 11) is 0. The molecule has 0 amide bonds. The number of nitrogens with zero attached hydrogens (tertiary/aromatic N) is 2. The second-order valence-electron chi connectivity index (χ2n) is 17.0. The van der Waals surface area contributed by atoms with Crippen molar-refractivity contribution in [1.82, 2.24) is 4.98 Å². The summed E-state index contributed by atoms with van der Waals surface area (Å²) in [6.07, 6.45) is 0. The van der Waals surface area contributed by atoms with Gasteiger partial charge >= 0.3 is 0 Å². The largest absolute Gasteiger partial charge is 0.310 e. The van der Waals surface area contributed by atoms with E-state index in [0.29, 0.717) is 0 Å². The molecule has 0 N–H and O–H groups in total. The molecule has 2 nitrogen and oxygen atoms in total. The highest BCUT2D eigenvalue weighted by molar-refractivity contribution is 7.26. The van der Waals surface area contributed by atoms with Crippen molar-refractivity contribution in [2.45, 2.75) is 5.41 Å². The minimum Gasteiger partial charge on any atom is -0.310 e. The van der Waals surface area contributed by atoms with E-state index in [-0.39, 0.29) is 0 Å². The lowest BCUT2D eigenvalue weighted by Gasteiger charge is -2.35. The summed E-state index contributed by atoms with van der Waals surface area (Å²) in [5.41, 5.74) is 15.8. The first-order chi connectivity index (χ1) is 32.2. The highest BCUT2D eigenvalue weighted by atomic mass is 32.1. The zero-order valence-corrected chi connectivity index (χ0v) is 36.2. The van der Waals surface area contributed by atoms with Crippen molar-refractivity contribution in [2.24, 2.45) is 0 Å². The fourth-order valence-corrected chi connectivity index (χ4v) is 11.9. The standard InChI is InChI=1S/C62H40N2S/c1-4-16-41(17-5-1)42-28-32-46(33-29-42)64(48-36-37-50-49-22-10-13-25-55(49)62(56(50)40-48,44-18-6-2-7-19-44)45-20-8-3-9-21-45)47-34-30-43(31-35-47)60-54-39-38-52-51-23-12-15-27-58(51)65-61(52)59(54)53-24-11-14-26-57(53)63-60/h1-40H. The molecule has 0 saturated carbocycles. The van der Waals surface area contributed by atoms with Crippen molar-refractivity contribution in [3.05, 3.63) is 265 Å². The van der Waals surface area contributed by atoms with E-state index in [1.807, 2.05) is 11.3 Å². The third-order valence-corrected chi connectivity index (χ3v) is 14.7. The van der Waals surface area contributed by atoms with E-state index in [1.54, 1.807) is 0 Å². The topological polar surface area (TPSA) is 16.1 Å². The predicted molar refractivity (Wildman–Crippen MR) is 275 cm³/mol. The van der Waals surface area contributed by atoms with Gasteiger partial charge < -0.3 is 4.90 Å². The van der Waals surface area contributed by atoms with E-state index >= 15 is 0 Å². The van der Waals surface area contributed by atoms with Gasteiger partial charge in [-0.05, 0) is 93.0 Å². The van der Waals surface area contributed by atoms with Gasteiger partial charge in [0.2, 0.25) is 0 Å². The number of aromatic nitrogens is 1. The molecule has 0 radical (unpaired) electrons. The number of benzene rings is 10. The van der Waals surface area contributed by atoms with Crippen LogP contribution in [0.5, 0.6) is 0 Å². The van der Waals surface area contributed by atoms with Crippen LogP contribution in [0.15, 0.2) is 243 Å². The molecule has 10 aromatic carbocycles. The van der Waals surface area contributed by atoms with Crippen molar-refractivity contribution >= 4 is 70.2 Å². The molecule has 1 aliphatic carbocycles. The Balaban J connectivity index is 1.00. The maximum atomic E-state index is 5.39. The van der Waals surface area contributed by atoms with Crippen LogP contribution in [-0.4, -0.2) is 4.98 Å². The van der Waals surface area contributed by atoms with Gasteiger partial charge in [-0.3, -0.25) is 0 Å². The van der Waals surface area contributed by atoms with Crippen molar-refractivity contribution < 1.29 is 0 Å². The molecule has 13 rings (SSSR count). The van der Waals surface area contributed by atoms with Gasteiger partial charge in [0, 0.05) is 59.0 Å². The Labute approximate surface area is 382 Å². The molecule has 2 heterocycles. The number of rotatable bonds is 7. The van der Waals surface area contributed by atoms with Gasteiger partial charge in [-0.25, -0.2) is 4.98 Å². The molecule has 0 saturated heterocycles. The van der Waals surface area contributed by atoms with Crippen LogP contribution in [0.3, 0.4) is 0 Å². The van der Waals surface area contributed by atoms with Crippen molar-refractivity contribution in [1.29, 1.82) is 0 Å². The smallest absolute Gasteiger partial charge is 0.0788 e. The maximum absolute atomic E-state index is 5.39. The number of para-hydroxylation sites is 1. The van der Waals surface area contributed by atoms with Crippen LogP contribution in [0, 0.1) is 0 Å². The van der Waals surface area contributed by atoms with E-state index in [0.717, 1.165) is 33.8 Å². The Morgan fingerprint density at radius 3 is 1.63 bits per heavy atom. The van der Waals surface area contributed by atoms with Crippen molar-refractivity contribution in [3.63, 3.8) is 0 Å². The molecule has 1 aliphatic rings. The van der Waals surface area contributed by atoms with Gasteiger partial charge in [-0.15, -0.1) is 11.3 Å². The molecule has 2 aromatic heterocycles. The third-order valence-electron chi connectivity index (χ3n) is 13.5. The van der Waals surface area contributed by atoms with Crippen LogP contribution in [0.4, 0.5) is 17.1 Å². The minimum absolute atomic E-state index is 0.514. The second kappa shape index (κ2) is 15.0. The molecule has 3 heteroatoms. The Bertz CT molecular complexity index is 3710. The normalized spacial score (nSPS) is 12.7. The summed E-state index contributed by atoms with van der Waals surface area (Å²) in [5.74, 6) is 0. The summed E-state index contributed by atoms with van der Waals surface area (Å²) in [6, 6.07) is 88.8. The number of hydrogen-bond donors (Lipinski definition) is 0. The monoisotopic (exact) mass is 844 g/mol. The third kappa shape index (κ3) is 5.83. The highest BCUT2D eigenvalue weighted by Gasteiger charge is 2.46. The molecule has 304 valence electrons. The van der Waals surface area contributed by atoms with E-state index in [2.05, 4.69) is 248 Å². The fourth-order valence-electron chi connectivity index (χ4n) is 10.7. The van der Waals surface area contributed by atoms with E-state index < -0.39 is 5.41 Å². The average molecular weight is 845 g/mol. The Hall–Kier alpha value is -8.11. The van der Waals surface area contributed by atoms with Crippen LogP contribution in [0.25, 0.3) is 75.4 Å². The number of thiophene rings is 1. The zero-order valence-electron chi connectivity index (χ0n) is 35.4. The summed E-state index contributed by atoms with van der Waals surface area (Å²) >= 11 is 1.88. The van der Waals surface area contributed by atoms with Crippen molar-refractivity contribution in [3.8, 4) is 33.5 Å². The summed E-state index contributed by atoms with van der Waals surface area (Å²) in [4.78, 5) is 7.80. The molecule has 65 heavy (non-hydrogen) atoms. The van der Waals surface area contributed by atoms with Crippen LogP contribution in [-0.2, 0) is 5.41 Å². The van der Waals surface area contributed by atoms with Crippen LogP contribution >= 0.6 is 11.3 Å². The number of fused-ring (bicyclic) bond motifs is 10. The summed E-state index contributed by atoms with van der Waals surface area (Å²) in [6.45, 7) is 0. The zero-order chi connectivity index (χ0) is 42.9. The van der Waals surface area contributed by atoms with E-state index in [1.165, 1.54) is 80.8 Å². The average Bonchev–Trinajstić information content (AvgIpc) is 3.91. The maximum Gasteiger partial charge on any atom is 0.0788 e. The first-order valence-electron chi connectivity index (χ1n) is 22.3. The van der Waals surface area contributed by atoms with E-state index in [4.69, 9.17) is 4.98 Å². The first-order valence-corrected chi connectivity index (χ1v) is 23.1. The SMILES string of the molecule is c1ccc(-c2ccc(N(c3ccc(-c4nc5ccccc5c5c4ccc4c6ccccc6sc45)cc3)c3ccc4c(c3)C(c3ccccc3)(c3ccccc3)c3ccccc3-4)cc2)cc1. The predicted octanol–water partition coefficient (Wildman–Crippen LogP) is 16.9. The summed E-state index contributed by atoms with van der Waals surface area (Å²) < 4.78 is 2.62. The number of pyridine rings is 1. The fraction of sp³-hybridized carbons (Fsp3) is 0.0161. The molecular formula is C62H40N2S. The first kappa shape index (κ1) is 37.4.